The first-order valence-corrected chi connectivity index (χ1v) is 10.7. The molecule has 0 amide bonds. The molecule has 4 heteroatoms. The van der Waals surface area contributed by atoms with Crippen molar-refractivity contribution in [3.63, 3.8) is 0 Å². The van der Waals surface area contributed by atoms with E-state index in [-0.39, 0.29) is 21.1 Å². The average Bonchev–Trinajstić information content (AvgIpc) is 2.46. The normalized spacial score (nSPS) is 12.5. The summed E-state index contributed by atoms with van der Waals surface area (Å²) in [6, 6.07) is 0. The van der Waals surface area contributed by atoms with Crippen LogP contribution in [0.1, 0.15) is 96.8 Å². The average molecular weight is 412 g/mol. The van der Waals surface area contributed by atoms with Gasteiger partial charge in [-0.1, -0.05) is 76.9 Å². The Balaban J connectivity index is 0. The van der Waals surface area contributed by atoms with E-state index in [4.69, 9.17) is 4.89 Å². The molecule has 0 aliphatic carbocycles. The van der Waals surface area contributed by atoms with E-state index in [0.717, 1.165) is 12.8 Å². The van der Waals surface area contributed by atoms with Crippen LogP contribution in [-0.2, 0) is 25.6 Å². The van der Waals surface area contributed by atoms with Gasteiger partial charge in [0.2, 0.25) is 0 Å². The monoisotopic (exact) mass is 414 g/mol. The Kier molecular flexibility index (Phi) is 24.4. The number of hydrogen-bond donors (Lipinski definition) is 1. The second kappa shape index (κ2) is 21.6. The van der Waals surface area contributed by atoms with Crippen molar-refractivity contribution >= 4 is 8.03 Å². The molecule has 0 aromatic carbocycles. The maximum Gasteiger partial charge on any atom is 0.189 e. The minimum Gasteiger partial charge on any atom is -0.346 e. The van der Waals surface area contributed by atoms with Crippen LogP contribution in [0.2, 0.25) is 0 Å². The Bertz CT molecular complexity index is 257. The molecular formula is C18H37MoO2P. The largest absolute Gasteiger partial charge is 0.346 e. The molecule has 132 valence electrons. The van der Waals surface area contributed by atoms with E-state index in [1.807, 2.05) is 0 Å². The van der Waals surface area contributed by atoms with Gasteiger partial charge in [0.1, 0.15) is 0 Å². The molecule has 0 aromatic heterocycles. The summed E-state index contributed by atoms with van der Waals surface area (Å²) < 4.78 is 10.5. The van der Waals surface area contributed by atoms with Crippen LogP contribution in [0.25, 0.3) is 0 Å². The van der Waals surface area contributed by atoms with Gasteiger partial charge in [0, 0.05) is 27.2 Å². The molecule has 0 radical (unpaired) electrons. The summed E-state index contributed by atoms with van der Waals surface area (Å²) in [7, 11) is -2.21. The second-order valence-electron chi connectivity index (χ2n) is 6.08. The fourth-order valence-corrected chi connectivity index (χ4v) is 3.08. The predicted molar refractivity (Wildman–Crippen MR) is 95.5 cm³/mol. The van der Waals surface area contributed by atoms with Crippen molar-refractivity contribution in [3.05, 3.63) is 12.2 Å². The fourth-order valence-electron chi connectivity index (χ4n) is 2.52. The molecule has 0 saturated heterocycles. The van der Waals surface area contributed by atoms with Gasteiger partial charge in [-0.2, -0.15) is 0 Å². The smallest absolute Gasteiger partial charge is 0.189 e. The first-order valence-electron chi connectivity index (χ1n) is 9.14. The Labute approximate surface area is 153 Å². The van der Waals surface area contributed by atoms with Gasteiger partial charge < -0.3 is 4.89 Å². The fraction of sp³-hybridized carbons (Fsp3) is 0.889. The summed E-state index contributed by atoms with van der Waals surface area (Å²) in [5.74, 6) is 0. The molecule has 0 fully saturated rings. The summed E-state index contributed by atoms with van der Waals surface area (Å²) in [6.45, 7) is 2.26. The molecule has 22 heavy (non-hydrogen) atoms. The molecule has 0 heterocycles. The molecule has 0 bridgehead atoms. The summed E-state index contributed by atoms with van der Waals surface area (Å²) >= 11 is 0. The van der Waals surface area contributed by atoms with Gasteiger partial charge in [0.05, 0.1) is 0 Å². The van der Waals surface area contributed by atoms with Crippen LogP contribution >= 0.6 is 8.03 Å². The van der Waals surface area contributed by atoms with Crippen molar-refractivity contribution in [3.8, 4) is 0 Å². The predicted octanol–water partition coefficient (Wildman–Crippen LogP) is 6.49. The van der Waals surface area contributed by atoms with Gasteiger partial charge in [-0.3, -0.25) is 4.57 Å². The third-order valence-corrected chi connectivity index (χ3v) is 4.68. The first-order chi connectivity index (χ1) is 10.3. The Morgan fingerprint density at radius 2 is 1.14 bits per heavy atom. The van der Waals surface area contributed by atoms with Crippen molar-refractivity contribution < 1.29 is 30.5 Å². The zero-order chi connectivity index (χ0) is 15.6. The SMILES string of the molecule is CCCCCCCC/C=C\CCCCCCCC[PH](=O)O.[Mo]. The zero-order valence-electron chi connectivity index (χ0n) is 14.5. The van der Waals surface area contributed by atoms with Crippen molar-refractivity contribution in [1.82, 2.24) is 0 Å². The molecule has 0 saturated carbocycles. The molecular weight excluding hydrogens is 375 g/mol. The maximum absolute atomic E-state index is 10.5. The van der Waals surface area contributed by atoms with Crippen molar-refractivity contribution in [2.75, 3.05) is 6.16 Å². The van der Waals surface area contributed by atoms with Gasteiger partial charge in [0.15, 0.2) is 8.03 Å². The topological polar surface area (TPSA) is 37.3 Å². The second-order valence-corrected chi connectivity index (χ2v) is 7.37. The minimum absolute atomic E-state index is 0. The van der Waals surface area contributed by atoms with Gasteiger partial charge in [-0.25, -0.2) is 0 Å². The third-order valence-electron chi connectivity index (χ3n) is 3.90. The molecule has 0 rings (SSSR count). The number of hydrogen-bond acceptors (Lipinski definition) is 1. The van der Waals surface area contributed by atoms with Gasteiger partial charge in [-0.05, 0) is 32.1 Å². The summed E-state index contributed by atoms with van der Waals surface area (Å²) in [5, 5.41) is 0. The van der Waals surface area contributed by atoms with E-state index in [9.17, 15) is 4.57 Å². The molecule has 0 aliphatic rings. The van der Waals surface area contributed by atoms with E-state index in [1.165, 1.54) is 77.0 Å². The summed E-state index contributed by atoms with van der Waals surface area (Å²) in [4.78, 5) is 8.71. The van der Waals surface area contributed by atoms with Crippen LogP contribution in [0.5, 0.6) is 0 Å². The van der Waals surface area contributed by atoms with Crippen molar-refractivity contribution in [2.45, 2.75) is 96.8 Å². The molecule has 1 unspecified atom stereocenters. The number of rotatable bonds is 16. The van der Waals surface area contributed by atoms with E-state index >= 15 is 0 Å². The number of unbranched alkanes of at least 4 members (excludes halogenated alkanes) is 12. The molecule has 0 spiro atoms. The zero-order valence-corrected chi connectivity index (χ0v) is 17.5. The minimum atomic E-state index is -2.21. The molecule has 1 N–H and O–H groups in total. The van der Waals surface area contributed by atoms with Gasteiger partial charge in [0.25, 0.3) is 0 Å². The molecule has 2 nitrogen and oxygen atoms in total. The van der Waals surface area contributed by atoms with Crippen LogP contribution in [0.3, 0.4) is 0 Å². The van der Waals surface area contributed by atoms with E-state index in [2.05, 4.69) is 19.1 Å². The van der Waals surface area contributed by atoms with Crippen LogP contribution < -0.4 is 0 Å². The van der Waals surface area contributed by atoms with E-state index < -0.39 is 8.03 Å². The summed E-state index contributed by atoms with van der Waals surface area (Å²) in [5.41, 5.74) is 0. The van der Waals surface area contributed by atoms with E-state index in [1.54, 1.807) is 0 Å². The Hall–Kier alpha value is 0.618. The molecule has 1 atom stereocenters. The van der Waals surface area contributed by atoms with Crippen molar-refractivity contribution in [2.24, 2.45) is 0 Å². The maximum atomic E-state index is 10.5. The van der Waals surface area contributed by atoms with Crippen molar-refractivity contribution in [1.29, 1.82) is 0 Å². The Morgan fingerprint density at radius 3 is 1.59 bits per heavy atom. The standard InChI is InChI=1S/C18H37O2P.Mo/c1-2-3-4-5-6-7-8-9-10-11-12-13-14-15-16-17-18-21(19)20;/h9-10,21H,2-8,11-18H2,1H3,(H,19,20);/b10-9-;. The molecule has 0 aliphatic heterocycles. The number of allylic oxidation sites excluding steroid dienone is 2. The van der Waals surface area contributed by atoms with Crippen LogP contribution in [0.15, 0.2) is 12.2 Å². The van der Waals surface area contributed by atoms with E-state index in [0.29, 0.717) is 6.16 Å². The van der Waals surface area contributed by atoms with Crippen LogP contribution in [0, 0.1) is 0 Å². The first kappa shape index (κ1) is 24.9. The van der Waals surface area contributed by atoms with Crippen LogP contribution in [-0.4, -0.2) is 11.1 Å². The Morgan fingerprint density at radius 1 is 0.727 bits per heavy atom. The van der Waals surface area contributed by atoms with Gasteiger partial charge >= 0.3 is 0 Å². The summed E-state index contributed by atoms with van der Waals surface area (Å²) in [6.07, 6.45) is 23.1. The van der Waals surface area contributed by atoms with Crippen LogP contribution in [0.4, 0.5) is 0 Å². The quantitative estimate of drug-likeness (QED) is 0.136. The van der Waals surface area contributed by atoms with Gasteiger partial charge in [-0.15, -0.1) is 0 Å². The third kappa shape index (κ3) is 22.9. The molecule has 0 aromatic rings.